The summed E-state index contributed by atoms with van der Waals surface area (Å²) in [6.07, 6.45) is 0. The quantitative estimate of drug-likeness (QED) is 0.561. The Bertz CT molecular complexity index is 281. The fraction of sp³-hybridized carbons (Fsp3) is 0.500. The first-order valence-electron chi connectivity index (χ1n) is 5.37. The van der Waals surface area contributed by atoms with Gasteiger partial charge in [0.25, 0.3) is 0 Å². The molecular weight excluding hydrogens is 220 g/mol. The second kappa shape index (κ2) is 5.73. The summed E-state index contributed by atoms with van der Waals surface area (Å²) in [5.41, 5.74) is 1.50. The lowest BCUT2D eigenvalue weighted by atomic mass is 10.2. The number of benzene rings is 1. The lowest BCUT2D eigenvalue weighted by Crippen LogP contribution is -2.27. The van der Waals surface area contributed by atoms with Gasteiger partial charge in [-0.3, -0.25) is 0 Å². The summed E-state index contributed by atoms with van der Waals surface area (Å²) < 4.78 is 6.17. The standard InChI is InChI=1S/C12H20OSSi/c1-5-14-12(13-15(2,3)4)11-9-7-6-8-10-11/h6-10,12H,5H2,1-4H3. The van der Waals surface area contributed by atoms with Crippen LogP contribution in [0.5, 0.6) is 0 Å². The van der Waals surface area contributed by atoms with Gasteiger partial charge in [-0.1, -0.05) is 37.3 Å². The van der Waals surface area contributed by atoms with Crippen LogP contribution in [-0.4, -0.2) is 14.1 Å². The minimum Gasteiger partial charge on any atom is -0.402 e. The Kier molecular flexibility index (Phi) is 4.89. The van der Waals surface area contributed by atoms with Gasteiger partial charge >= 0.3 is 0 Å². The number of rotatable bonds is 5. The van der Waals surface area contributed by atoms with Crippen LogP contribution in [0.25, 0.3) is 0 Å². The van der Waals surface area contributed by atoms with Gasteiger partial charge in [0.2, 0.25) is 0 Å². The van der Waals surface area contributed by atoms with Crippen LogP contribution in [0.4, 0.5) is 0 Å². The van der Waals surface area contributed by atoms with Crippen LogP contribution in [-0.2, 0) is 4.43 Å². The van der Waals surface area contributed by atoms with Crippen molar-refractivity contribution >= 4 is 20.1 Å². The van der Waals surface area contributed by atoms with Crippen molar-refractivity contribution in [2.75, 3.05) is 5.75 Å². The predicted molar refractivity (Wildman–Crippen MR) is 71.7 cm³/mol. The number of thioether (sulfide) groups is 1. The van der Waals surface area contributed by atoms with Crippen molar-refractivity contribution in [2.45, 2.75) is 32.0 Å². The van der Waals surface area contributed by atoms with Crippen molar-refractivity contribution in [3.05, 3.63) is 35.9 Å². The topological polar surface area (TPSA) is 9.23 Å². The molecule has 1 rings (SSSR count). The van der Waals surface area contributed by atoms with Crippen molar-refractivity contribution in [2.24, 2.45) is 0 Å². The molecule has 0 amide bonds. The SMILES string of the molecule is CCSC(O[Si](C)(C)C)c1ccccc1. The Labute approximate surface area is 98.4 Å². The van der Waals surface area contributed by atoms with Crippen LogP contribution in [0.15, 0.2) is 30.3 Å². The van der Waals surface area contributed by atoms with Gasteiger partial charge in [-0.25, -0.2) is 0 Å². The number of hydrogen-bond acceptors (Lipinski definition) is 2. The van der Waals surface area contributed by atoms with E-state index in [9.17, 15) is 0 Å². The average Bonchev–Trinajstić information content (AvgIpc) is 2.17. The molecule has 0 fully saturated rings. The second-order valence-corrected chi connectivity index (χ2v) is 10.2. The lowest BCUT2D eigenvalue weighted by molar-refractivity contribution is 0.288. The Morgan fingerprint density at radius 3 is 2.27 bits per heavy atom. The molecule has 1 aromatic rings. The fourth-order valence-electron chi connectivity index (χ4n) is 1.28. The molecule has 0 heterocycles. The van der Waals surface area contributed by atoms with Crippen LogP contribution in [0.3, 0.4) is 0 Å². The fourth-order valence-corrected chi connectivity index (χ4v) is 3.85. The van der Waals surface area contributed by atoms with Crippen molar-refractivity contribution in [3.8, 4) is 0 Å². The van der Waals surface area contributed by atoms with Crippen LogP contribution in [0.2, 0.25) is 19.6 Å². The monoisotopic (exact) mass is 240 g/mol. The predicted octanol–water partition coefficient (Wildman–Crippen LogP) is 4.29. The molecule has 0 aromatic heterocycles. The van der Waals surface area contributed by atoms with Gasteiger partial charge < -0.3 is 4.43 Å². The molecule has 1 aromatic carbocycles. The lowest BCUT2D eigenvalue weighted by Gasteiger charge is -2.26. The van der Waals surface area contributed by atoms with Gasteiger partial charge in [0.1, 0.15) is 5.44 Å². The highest BCUT2D eigenvalue weighted by molar-refractivity contribution is 7.99. The highest BCUT2D eigenvalue weighted by Crippen LogP contribution is 2.32. The Morgan fingerprint density at radius 1 is 1.20 bits per heavy atom. The van der Waals surface area contributed by atoms with E-state index in [0.717, 1.165) is 5.75 Å². The zero-order valence-corrected chi connectivity index (χ0v) is 11.8. The molecule has 1 nitrogen and oxygen atoms in total. The van der Waals surface area contributed by atoms with Gasteiger partial charge in [-0.05, 0) is 31.0 Å². The zero-order valence-electron chi connectivity index (χ0n) is 9.99. The van der Waals surface area contributed by atoms with E-state index < -0.39 is 8.32 Å². The molecule has 3 heteroatoms. The third-order valence-electron chi connectivity index (χ3n) is 1.85. The summed E-state index contributed by atoms with van der Waals surface area (Å²) in [7, 11) is -1.46. The molecule has 15 heavy (non-hydrogen) atoms. The largest absolute Gasteiger partial charge is 0.402 e. The molecule has 84 valence electrons. The molecular formula is C12H20OSSi. The highest BCUT2D eigenvalue weighted by atomic mass is 32.2. The maximum atomic E-state index is 6.17. The van der Waals surface area contributed by atoms with E-state index in [0.29, 0.717) is 0 Å². The van der Waals surface area contributed by atoms with Crippen LogP contribution in [0.1, 0.15) is 17.9 Å². The minimum atomic E-state index is -1.46. The van der Waals surface area contributed by atoms with Crippen molar-refractivity contribution < 1.29 is 4.43 Å². The van der Waals surface area contributed by atoms with E-state index in [1.54, 1.807) is 0 Å². The first kappa shape index (κ1) is 12.8. The first-order valence-corrected chi connectivity index (χ1v) is 9.83. The Balaban J connectivity index is 2.75. The summed E-state index contributed by atoms with van der Waals surface area (Å²) in [6.45, 7) is 8.88. The summed E-state index contributed by atoms with van der Waals surface area (Å²) in [5.74, 6) is 1.09. The first-order chi connectivity index (χ1) is 7.03. The van der Waals surface area contributed by atoms with Gasteiger partial charge in [-0.15, -0.1) is 11.8 Å². The normalized spacial score (nSPS) is 13.9. The van der Waals surface area contributed by atoms with Gasteiger partial charge in [0.05, 0.1) is 0 Å². The van der Waals surface area contributed by atoms with Crippen LogP contribution >= 0.6 is 11.8 Å². The Hall–Kier alpha value is -0.253. The van der Waals surface area contributed by atoms with E-state index in [-0.39, 0.29) is 5.44 Å². The van der Waals surface area contributed by atoms with Gasteiger partial charge in [0, 0.05) is 0 Å². The van der Waals surface area contributed by atoms with Crippen LogP contribution in [0, 0.1) is 0 Å². The van der Waals surface area contributed by atoms with Gasteiger partial charge in [-0.2, -0.15) is 0 Å². The molecule has 0 saturated carbocycles. The van der Waals surface area contributed by atoms with Crippen molar-refractivity contribution in [3.63, 3.8) is 0 Å². The summed E-state index contributed by atoms with van der Waals surface area (Å²) >= 11 is 1.87. The number of hydrogen-bond donors (Lipinski definition) is 0. The van der Waals surface area contributed by atoms with E-state index in [1.165, 1.54) is 5.56 Å². The average molecular weight is 240 g/mol. The smallest absolute Gasteiger partial charge is 0.185 e. The van der Waals surface area contributed by atoms with E-state index in [2.05, 4.69) is 50.8 Å². The summed E-state index contributed by atoms with van der Waals surface area (Å²) in [5, 5.41) is 0. The molecule has 1 atom stereocenters. The molecule has 0 aliphatic carbocycles. The maximum absolute atomic E-state index is 6.17. The molecule has 0 saturated heterocycles. The van der Waals surface area contributed by atoms with Crippen molar-refractivity contribution in [1.29, 1.82) is 0 Å². The molecule has 0 aliphatic heterocycles. The molecule has 1 unspecified atom stereocenters. The molecule has 0 bridgehead atoms. The summed E-state index contributed by atoms with van der Waals surface area (Å²) in [4.78, 5) is 0. The highest BCUT2D eigenvalue weighted by Gasteiger charge is 2.21. The maximum Gasteiger partial charge on any atom is 0.185 e. The van der Waals surface area contributed by atoms with E-state index in [1.807, 2.05) is 17.8 Å². The van der Waals surface area contributed by atoms with Crippen molar-refractivity contribution in [1.82, 2.24) is 0 Å². The minimum absolute atomic E-state index is 0.211. The van der Waals surface area contributed by atoms with Gasteiger partial charge in [0.15, 0.2) is 8.32 Å². The zero-order chi connectivity index (χ0) is 11.3. The molecule has 0 N–H and O–H groups in total. The molecule has 0 aliphatic rings. The second-order valence-electron chi connectivity index (χ2n) is 4.43. The Morgan fingerprint density at radius 2 is 1.80 bits per heavy atom. The third kappa shape index (κ3) is 4.86. The van der Waals surface area contributed by atoms with E-state index in [4.69, 9.17) is 4.43 Å². The molecule has 0 radical (unpaired) electrons. The van der Waals surface area contributed by atoms with E-state index >= 15 is 0 Å². The third-order valence-corrected chi connectivity index (χ3v) is 3.97. The summed E-state index contributed by atoms with van der Waals surface area (Å²) in [6, 6.07) is 10.5. The van der Waals surface area contributed by atoms with Crippen LogP contribution < -0.4 is 0 Å². The molecule has 0 spiro atoms.